The molecule has 3 nitrogen and oxygen atoms in total. The first-order valence-corrected chi connectivity index (χ1v) is 5.34. The monoisotopic (exact) mass is 186 g/mol. The quantitative estimate of drug-likeness (QED) is 0.605. The Labute approximate surface area is 81.1 Å². The van der Waals surface area contributed by atoms with Gasteiger partial charge >= 0.3 is 0 Å². The van der Waals surface area contributed by atoms with Gasteiger partial charge in [0.2, 0.25) is 0 Å². The van der Waals surface area contributed by atoms with Crippen molar-refractivity contribution in [2.75, 3.05) is 26.7 Å². The molecule has 13 heavy (non-hydrogen) atoms. The minimum atomic E-state index is 0.285. The molecule has 1 fully saturated rings. The lowest BCUT2D eigenvalue weighted by Gasteiger charge is -2.25. The molecule has 1 atom stereocenters. The van der Waals surface area contributed by atoms with Gasteiger partial charge in [0, 0.05) is 25.2 Å². The van der Waals surface area contributed by atoms with Gasteiger partial charge in [-0.25, -0.2) is 0 Å². The van der Waals surface area contributed by atoms with Crippen LogP contribution in [0.5, 0.6) is 0 Å². The lowest BCUT2D eigenvalue weighted by atomic mass is 10.2. The van der Waals surface area contributed by atoms with Gasteiger partial charge < -0.3 is 10.4 Å². The molecule has 1 rings (SSSR count). The topological polar surface area (TPSA) is 35.5 Å². The van der Waals surface area contributed by atoms with Crippen molar-refractivity contribution in [3.8, 4) is 0 Å². The fourth-order valence-electron chi connectivity index (χ4n) is 1.74. The maximum absolute atomic E-state index is 8.85. The lowest BCUT2D eigenvalue weighted by Crippen LogP contribution is -2.41. The van der Waals surface area contributed by atoms with Crippen molar-refractivity contribution < 1.29 is 5.11 Å². The van der Waals surface area contributed by atoms with E-state index in [4.69, 9.17) is 5.11 Å². The van der Waals surface area contributed by atoms with Gasteiger partial charge in [-0.05, 0) is 32.9 Å². The van der Waals surface area contributed by atoms with Crippen LogP contribution in [0.4, 0.5) is 0 Å². The van der Waals surface area contributed by atoms with E-state index >= 15 is 0 Å². The fourth-order valence-corrected chi connectivity index (χ4v) is 1.74. The Balaban J connectivity index is 2.24. The molecule has 0 bridgehead atoms. The van der Waals surface area contributed by atoms with Crippen molar-refractivity contribution in [1.29, 1.82) is 0 Å². The highest BCUT2D eigenvalue weighted by atomic mass is 16.3. The third-order valence-electron chi connectivity index (χ3n) is 2.81. The molecular formula is C10H22N2O. The lowest BCUT2D eigenvalue weighted by molar-refractivity contribution is 0.212. The summed E-state index contributed by atoms with van der Waals surface area (Å²) < 4.78 is 0. The maximum atomic E-state index is 8.85. The van der Waals surface area contributed by atoms with E-state index < -0.39 is 0 Å². The zero-order valence-corrected chi connectivity index (χ0v) is 8.79. The predicted molar refractivity (Wildman–Crippen MR) is 54.8 cm³/mol. The molecule has 0 amide bonds. The summed E-state index contributed by atoms with van der Waals surface area (Å²) in [5, 5.41) is 12.1. The molecule has 0 saturated heterocycles. The van der Waals surface area contributed by atoms with Gasteiger partial charge in [-0.2, -0.15) is 0 Å². The number of likely N-dealkylation sites (N-methyl/N-ethyl adjacent to an activating group) is 2. The van der Waals surface area contributed by atoms with E-state index in [1.165, 1.54) is 12.8 Å². The van der Waals surface area contributed by atoms with Crippen LogP contribution in [0.15, 0.2) is 0 Å². The van der Waals surface area contributed by atoms with Crippen LogP contribution < -0.4 is 5.32 Å². The average Bonchev–Trinajstić information content (AvgIpc) is 2.95. The molecule has 0 aliphatic heterocycles. The Kier molecular flexibility index (Phi) is 4.70. The summed E-state index contributed by atoms with van der Waals surface area (Å²) in [5.41, 5.74) is 0. The Morgan fingerprint density at radius 1 is 1.54 bits per heavy atom. The van der Waals surface area contributed by atoms with E-state index in [2.05, 4.69) is 17.1 Å². The molecule has 1 aliphatic carbocycles. The number of nitrogens with zero attached hydrogens (tertiary/aromatic N) is 1. The number of hydrogen-bond donors (Lipinski definition) is 2. The highest BCUT2D eigenvalue weighted by molar-refractivity contribution is 4.86. The highest BCUT2D eigenvalue weighted by Gasteiger charge is 2.28. The summed E-state index contributed by atoms with van der Waals surface area (Å²) in [6, 6.07) is 1.28. The maximum Gasteiger partial charge on any atom is 0.0446 e. The summed E-state index contributed by atoms with van der Waals surface area (Å²) in [6.45, 7) is 4.71. The van der Waals surface area contributed by atoms with E-state index in [1.54, 1.807) is 0 Å². The van der Waals surface area contributed by atoms with Crippen molar-refractivity contribution in [1.82, 2.24) is 10.2 Å². The van der Waals surface area contributed by atoms with E-state index in [9.17, 15) is 0 Å². The van der Waals surface area contributed by atoms with E-state index in [0.29, 0.717) is 6.04 Å². The summed E-state index contributed by atoms with van der Waals surface area (Å²) in [5.74, 6) is 0. The number of rotatable bonds is 7. The van der Waals surface area contributed by atoms with Crippen molar-refractivity contribution in [2.45, 2.75) is 38.3 Å². The Bertz CT molecular complexity index is 137. The summed E-state index contributed by atoms with van der Waals surface area (Å²) in [4.78, 5) is 2.51. The number of aliphatic hydroxyl groups excluding tert-OH is 1. The molecule has 3 heteroatoms. The second-order valence-electron chi connectivity index (χ2n) is 3.82. The van der Waals surface area contributed by atoms with Gasteiger partial charge in [0.25, 0.3) is 0 Å². The molecule has 0 aromatic rings. The van der Waals surface area contributed by atoms with Crippen molar-refractivity contribution in [3.63, 3.8) is 0 Å². The van der Waals surface area contributed by atoms with Gasteiger partial charge in [0.1, 0.15) is 0 Å². The zero-order valence-electron chi connectivity index (χ0n) is 8.79. The van der Waals surface area contributed by atoms with Crippen LogP contribution in [0, 0.1) is 0 Å². The summed E-state index contributed by atoms with van der Waals surface area (Å²) in [6.07, 6.45) is 3.59. The van der Waals surface area contributed by atoms with Crippen LogP contribution in [0.1, 0.15) is 26.2 Å². The molecule has 0 radical (unpaired) electrons. The van der Waals surface area contributed by atoms with Crippen molar-refractivity contribution >= 4 is 0 Å². The van der Waals surface area contributed by atoms with Crippen LogP contribution in [0.25, 0.3) is 0 Å². The van der Waals surface area contributed by atoms with E-state index in [0.717, 1.165) is 25.6 Å². The van der Waals surface area contributed by atoms with Crippen molar-refractivity contribution in [3.05, 3.63) is 0 Å². The minimum Gasteiger partial charge on any atom is -0.396 e. The molecule has 0 spiro atoms. The molecular weight excluding hydrogens is 164 g/mol. The van der Waals surface area contributed by atoms with Crippen LogP contribution in [-0.4, -0.2) is 48.8 Å². The van der Waals surface area contributed by atoms with Crippen LogP contribution in [0.3, 0.4) is 0 Å². The van der Waals surface area contributed by atoms with E-state index in [1.807, 2.05) is 7.05 Å². The van der Waals surface area contributed by atoms with Crippen LogP contribution >= 0.6 is 0 Å². The molecule has 1 saturated carbocycles. The first-order valence-electron chi connectivity index (χ1n) is 5.34. The molecule has 1 aliphatic rings. The average molecular weight is 186 g/mol. The number of nitrogens with one attached hydrogen (secondary N) is 1. The minimum absolute atomic E-state index is 0.285. The van der Waals surface area contributed by atoms with Crippen LogP contribution in [0.2, 0.25) is 0 Å². The fraction of sp³-hybridized carbons (Fsp3) is 1.00. The standard InChI is InChI=1S/C10H22N2O/c1-3-12(10-4-5-10)8-9(11-2)6-7-13/h9-11,13H,3-8H2,1-2H3. The zero-order chi connectivity index (χ0) is 9.68. The Morgan fingerprint density at radius 3 is 2.62 bits per heavy atom. The molecule has 0 aromatic carbocycles. The highest BCUT2D eigenvalue weighted by Crippen LogP contribution is 2.26. The van der Waals surface area contributed by atoms with Gasteiger partial charge in [0.15, 0.2) is 0 Å². The van der Waals surface area contributed by atoms with Gasteiger partial charge in [0.05, 0.1) is 0 Å². The second kappa shape index (κ2) is 5.58. The smallest absolute Gasteiger partial charge is 0.0446 e. The summed E-state index contributed by atoms with van der Waals surface area (Å²) >= 11 is 0. The largest absolute Gasteiger partial charge is 0.396 e. The third-order valence-corrected chi connectivity index (χ3v) is 2.81. The molecule has 0 heterocycles. The van der Waals surface area contributed by atoms with Crippen LogP contribution in [-0.2, 0) is 0 Å². The normalized spacial score (nSPS) is 19.4. The molecule has 1 unspecified atom stereocenters. The molecule has 2 N–H and O–H groups in total. The van der Waals surface area contributed by atoms with Crippen molar-refractivity contribution in [2.24, 2.45) is 0 Å². The molecule has 0 aromatic heterocycles. The first-order chi connectivity index (χ1) is 6.31. The Morgan fingerprint density at radius 2 is 2.23 bits per heavy atom. The first kappa shape index (κ1) is 11.0. The number of aliphatic hydroxyl groups is 1. The summed E-state index contributed by atoms with van der Waals surface area (Å²) in [7, 11) is 1.97. The number of hydrogen-bond acceptors (Lipinski definition) is 3. The van der Waals surface area contributed by atoms with E-state index in [-0.39, 0.29) is 6.61 Å². The Hall–Kier alpha value is -0.120. The predicted octanol–water partition coefficient (Wildman–Crippen LogP) is 0.441. The SMILES string of the molecule is CCN(CC(CCO)NC)C1CC1. The van der Waals surface area contributed by atoms with Gasteiger partial charge in [-0.1, -0.05) is 6.92 Å². The van der Waals surface area contributed by atoms with Gasteiger partial charge in [-0.3, -0.25) is 4.90 Å². The second-order valence-corrected chi connectivity index (χ2v) is 3.82. The third kappa shape index (κ3) is 3.63. The van der Waals surface area contributed by atoms with Gasteiger partial charge in [-0.15, -0.1) is 0 Å². The molecule has 78 valence electrons.